The first-order chi connectivity index (χ1) is 4.54. The molecule has 1 atom stereocenters. The standard InChI is InChI=1S/C3H6O3.H2O3S/c4-1-3(6)2-5;1-4(2)3/h1,3,5-6H,2H2;(H2,1,2,3). The highest BCUT2D eigenvalue weighted by Crippen LogP contribution is 1.66. The zero-order valence-corrected chi connectivity index (χ0v) is 5.69. The Labute approximate surface area is 59.6 Å². The maximum Gasteiger partial charge on any atom is 0.299 e. The molecule has 1 unspecified atom stereocenters. The fraction of sp³-hybridized carbons (Fsp3) is 0.667. The van der Waals surface area contributed by atoms with E-state index in [9.17, 15) is 4.79 Å². The molecule has 0 aliphatic carbocycles. The van der Waals surface area contributed by atoms with Crippen molar-refractivity contribution in [3.05, 3.63) is 0 Å². The minimum atomic E-state index is -2.61. The van der Waals surface area contributed by atoms with Gasteiger partial charge in [-0.2, -0.15) is 4.21 Å². The Morgan fingerprint density at radius 1 is 1.50 bits per heavy atom. The van der Waals surface area contributed by atoms with Crippen molar-refractivity contribution in [2.45, 2.75) is 6.10 Å². The van der Waals surface area contributed by atoms with Crippen molar-refractivity contribution in [1.29, 1.82) is 0 Å². The third kappa shape index (κ3) is 25.4. The van der Waals surface area contributed by atoms with E-state index in [1.54, 1.807) is 0 Å². The molecule has 7 heteroatoms. The molecule has 0 spiro atoms. The summed E-state index contributed by atoms with van der Waals surface area (Å²) in [6.07, 6.45) is -0.912. The molecular formula is C3H8O6S. The van der Waals surface area contributed by atoms with Crippen LogP contribution in [-0.4, -0.2) is 42.5 Å². The minimum absolute atomic E-state index is 0.278. The lowest BCUT2D eigenvalue weighted by molar-refractivity contribution is -0.116. The summed E-state index contributed by atoms with van der Waals surface area (Å²) < 4.78 is 22.8. The van der Waals surface area contributed by atoms with Crippen LogP contribution in [0.1, 0.15) is 0 Å². The maximum absolute atomic E-state index is 9.33. The molecule has 0 rings (SSSR count). The summed E-state index contributed by atoms with van der Waals surface area (Å²) in [7, 11) is 0. The van der Waals surface area contributed by atoms with Gasteiger partial charge in [0.25, 0.3) is 11.4 Å². The Morgan fingerprint density at radius 2 is 1.80 bits per heavy atom. The van der Waals surface area contributed by atoms with Gasteiger partial charge in [0.05, 0.1) is 6.61 Å². The zero-order valence-electron chi connectivity index (χ0n) is 4.88. The fourth-order valence-electron chi connectivity index (χ4n) is 0.0430. The Balaban J connectivity index is 0. The van der Waals surface area contributed by atoms with Crippen LogP contribution >= 0.6 is 0 Å². The predicted molar refractivity (Wildman–Crippen MR) is 32.6 cm³/mol. The summed E-state index contributed by atoms with van der Waals surface area (Å²) in [5.74, 6) is 0. The van der Waals surface area contributed by atoms with Gasteiger partial charge in [-0.3, -0.25) is 9.11 Å². The van der Waals surface area contributed by atoms with Crippen molar-refractivity contribution in [2.24, 2.45) is 0 Å². The molecule has 0 aromatic heterocycles. The van der Waals surface area contributed by atoms with E-state index in [1.807, 2.05) is 0 Å². The van der Waals surface area contributed by atoms with E-state index in [4.69, 9.17) is 23.5 Å². The third-order valence-corrected chi connectivity index (χ3v) is 0.344. The molecule has 0 saturated heterocycles. The highest BCUT2D eigenvalue weighted by molar-refractivity contribution is 7.73. The second kappa shape index (κ2) is 8.66. The summed E-state index contributed by atoms with van der Waals surface area (Å²) in [6.45, 7) is -0.483. The van der Waals surface area contributed by atoms with E-state index >= 15 is 0 Å². The molecule has 0 amide bonds. The van der Waals surface area contributed by atoms with E-state index in [2.05, 4.69) is 0 Å². The summed E-state index contributed by atoms with van der Waals surface area (Å²) in [6, 6.07) is 0. The first kappa shape index (κ1) is 12.3. The molecule has 0 heterocycles. The van der Waals surface area contributed by atoms with E-state index < -0.39 is 24.1 Å². The lowest BCUT2D eigenvalue weighted by atomic mass is 10.4. The van der Waals surface area contributed by atoms with Gasteiger partial charge >= 0.3 is 0 Å². The second-order valence-corrected chi connectivity index (χ2v) is 1.58. The van der Waals surface area contributed by atoms with Gasteiger partial charge in [-0.05, 0) is 0 Å². The monoisotopic (exact) mass is 172 g/mol. The van der Waals surface area contributed by atoms with Crippen LogP contribution < -0.4 is 0 Å². The molecule has 0 saturated carbocycles. The lowest BCUT2D eigenvalue weighted by Gasteiger charge is -1.89. The van der Waals surface area contributed by atoms with Gasteiger partial charge in [-0.15, -0.1) is 0 Å². The number of hydrogen-bond donors (Lipinski definition) is 4. The number of carbonyl (C=O) groups is 1. The number of aldehydes is 1. The van der Waals surface area contributed by atoms with E-state index in [1.165, 1.54) is 0 Å². The van der Waals surface area contributed by atoms with Crippen LogP contribution in [0.15, 0.2) is 0 Å². The molecule has 0 radical (unpaired) electrons. The van der Waals surface area contributed by atoms with Crippen molar-refractivity contribution in [3.63, 3.8) is 0 Å². The second-order valence-electron chi connectivity index (χ2n) is 1.12. The largest absolute Gasteiger partial charge is 0.393 e. The van der Waals surface area contributed by atoms with Gasteiger partial charge < -0.3 is 15.0 Å². The van der Waals surface area contributed by atoms with Crippen LogP contribution in [0.5, 0.6) is 0 Å². The van der Waals surface area contributed by atoms with E-state index in [0.717, 1.165) is 0 Å². The Hall–Kier alpha value is -0.340. The summed E-state index contributed by atoms with van der Waals surface area (Å²) in [5, 5.41) is 15.9. The highest BCUT2D eigenvalue weighted by atomic mass is 32.2. The molecule has 0 fully saturated rings. The normalized spacial score (nSPS) is 11.7. The molecule has 10 heavy (non-hydrogen) atoms. The van der Waals surface area contributed by atoms with Crippen molar-refractivity contribution in [2.75, 3.05) is 6.61 Å². The van der Waals surface area contributed by atoms with Crippen molar-refractivity contribution < 1.29 is 28.3 Å². The quantitative estimate of drug-likeness (QED) is 0.289. The van der Waals surface area contributed by atoms with Gasteiger partial charge in [0, 0.05) is 0 Å². The highest BCUT2D eigenvalue weighted by Gasteiger charge is 1.92. The van der Waals surface area contributed by atoms with Crippen LogP contribution in [0, 0.1) is 0 Å². The predicted octanol–water partition coefficient (Wildman–Crippen LogP) is -1.78. The summed E-state index contributed by atoms with van der Waals surface area (Å²) in [4.78, 5) is 9.33. The van der Waals surface area contributed by atoms with Gasteiger partial charge in [0.15, 0.2) is 6.29 Å². The summed E-state index contributed by atoms with van der Waals surface area (Å²) in [5.41, 5.74) is 0. The maximum atomic E-state index is 9.33. The van der Waals surface area contributed by atoms with Gasteiger partial charge in [-0.1, -0.05) is 0 Å². The van der Waals surface area contributed by atoms with Crippen molar-refractivity contribution in [3.8, 4) is 0 Å². The topological polar surface area (TPSA) is 115 Å². The molecule has 0 aromatic carbocycles. The number of aliphatic hydroxyl groups is 2. The zero-order chi connectivity index (χ0) is 8.57. The molecule has 62 valence electrons. The van der Waals surface area contributed by atoms with E-state index in [-0.39, 0.29) is 6.29 Å². The molecule has 0 aliphatic heterocycles. The lowest BCUT2D eigenvalue weighted by Crippen LogP contribution is -2.12. The minimum Gasteiger partial charge on any atom is -0.393 e. The number of aliphatic hydroxyl groups excluding tert-OH is 2. The van der Waals surface area contributed by atoms with Gasteiger partial charge in [0.1, 0.15) is 6.10 Å². The molecule has 0 aliphatic rings. The molecular weight excluding hydrogens is 164 g/mol. The fourth-order valence-corrected chi connectivity index (χ4v) is 0.0430. The summed E-state index contributed by atoms with van der Waals surface area (Å²) >= 11 is -2.61. The van der Waals surface area contributed by atoms with Gasteiger partial charge in [-0.25, -0.2) is 0 Å². The Kier molecular flexibility index (Phi) is 10.7. The first-order valence-corrected chi connectivity index (χ1v) is 3.15. The van der Waals surface area contributed by atoms with Crippen LogP contribution in [0.2, 0.25) is 0 Å². The number of rotatable bonds is 2. The number of hydrogen-bond acceptors (Lipinski definition) is 4. The smallest absolute Gasteiger partial charge is 0.299 e. The van der Waals surface area contributed by atoms with Crippen molar-refractivity contribution >= 4 is 17.6 Å². The molecule has 0 aromatic rings. The molecule has 6 nitrogen and oxygen atoms in total. The average molecular weight is 172 g/mol. The third-order valence-electron chi connectivity index (χ3n) is 0.344. The first-order valence-electron chi connectivity index (χ1n) is 2.08. The van der Waals surface area contributed by atoms with Crippen LogP contribution in [-0.2, 0) is 16.2 Å². The Bertz CT molecular complexity index is 99.2. The van der Waals surface area contributed by atoms with Crippen molar-refractivity contribution in [1.82, 2.24) is 0 Å². The average Bonchev–Trinajstić information content (AvgIpc) is 1.85. The Morgan fingerprint density at radius 3 is 1.80 bits per heavy atom. The molecule has 4 N–H and O–H groups in total. The van der Waals surface area contributed by atoms with Crippen LogP contribution in [0.25, 0.3) is 0 Å². The number of carbonyl (C=O) groups excluding carboxylic acids is 1. The van der Waals surface area contributed by atoms with Crippen LogP contribution in [0.4, 0.5) is 0 Å². The van der Waals surface area contributed by atoms with Gasteiger partial charge in [0.2, 0.25) is 0 Å². The molecule has 0 bridgehead atoms. The van der Waals surface area contributed by atoms with Crippen LogP contribution in [0.3, 0.4) is 0 Å². The van der Waals surface area contributed by atoms with E-state index in [0.29, 0.717) is 0 Å². The SMILES string of the molecule is O=CC(O)CO.O=S(O)O.